The summed E-state index contributed by atoms with van der Waals surface area (Å²) in [7, 11) is 0. The number of benzene rings is 2. The summed E-state index contributed by atoms with van der Waals surface area (Å²) in [4.78, 5) is 8.79. The maximum Gasteiger partial charge on any atom is 0.0678 e. The second-order valence-electron chi connectivity index (χ2n) is 8.78. The number of hydrogen-bond acceptors (Lipinski definition) is 2. The van der Waals surface area contributed by atoms with Crippen LogP contribution in [0.3, 0.4) is 0 Å². The Morgan fingerprint density at radius 3 is 1.50 bits per heavy atom. The van der Waals surface area contributed by atoms with Gasteiger partial charge in [-0.15, -0.1) is 0 Å². The number of rotatable bonds is 7. The minimum atomic E-state index is 0.999. The molecule has 2 aromatic carbocycles. The third-order valence-corrected chi connectivity index (χ3v) is 8.07. The summed E-state index contributed by atoms with van der Waals surface area (Å²) in [6.45, 7) is 2.00. The number of para-hydroxylation sites is 2. The molecule has 0 bridgehead atoms. The quantitative estimate of drug-likeness (QED) is 0.179. The van der Waals surface area contributed by atoms with Crippen molar-refractivity contribution in [1.82, 2.24) is 19.1 Å². The fraction of sp³-hybridized carbons (Fsp3) is 0.214. The Labute approximate surface area is 214 Å². The molecule has 6 rings (SSSR count). The number of pyridine rings is 2. The molecular weight excluding hydrogens is 552 g/mol. The van der Waals surface area contributed by atoms with E-state index in [0.29, 0.717) is 0 Å². The molecule has 4 nitrogen and oxygen atoms in total. The fourth-order valence-electron chi connectivity index (χ4n) is 5.27. The summed E-state index contributed by atoms with van der Waals surface area (Å²) < 4.78 is 7.15. The Hall–Kier alpha value is -2.70. The van der Waals surface area contributed by atoms with Gasteiger partial charge in [-0.2, -0.15) is 0 Å². The van der Waals surface area contributed by atoms with Crippen LogP contribution >= 0.6 is 31.9 Å². The summed E-state index contributed by atoms with van der Waals surface area (Å²) in [5, 5.41) is 5.13. The van der Waals surface area contributed by atoms with Crippen LogP contribution in [0, 0.1) is 0 Å². The summed E-state index contributed by atoms with van der Waals surface area (Å²) in [6, 6.07) is 17.1. The highest BCUT2D eigenvalue weighted by Gasteiger charge is 2.14. The van der Waals surface area contributed by atoms with Crippen molar-refractivity contribution < 1.29 is 0 Å². The summed E-state index contributed by atoms with van der Waals surface area (Å²) in [5.41, 5.74) is 4.97. The molecule has 0 fully saturated rings. The van der Waals surface area contributed by atoms with Crippen LogP contribution < -0.4 is 0 Å². The molecule has 0 N–H and O–H groups in total. The lowest BCUT2D eigenvalue weighted by Crippen LogP contribution is -2.00. The van der Waals surface area contributed by atoms with Crippen molar-refractivity contribution in [3.63, 3.8) is 0 Å². The lowest BCUT2D eigenvalue weighted by atomic mass is 10.2. The van der Waals surface area contributed by atoms with Crippen LogP contribution in [-0.4, -0.2) is 19.1 Å². The van der Waals surface area contributed by atoms with Gasteiger partial charge in [0.15, 0.2) is 0 Å². The highest BCUT2D eigenvalue weighted by atomic mass is 79.9. The van der Waals surface area contributed by atoms with Crippen molar-refractivity contribution in [2.24, 2.45) is 0 Å². The van der Waals surface area contributed by atoms with Gasteiger partial charge >= 0.3 is 0 Å². The molecule has 0 atom stereocenters. The van der Waals surface area contributed by atoms with Crippen LogP contribution in [0.25, 0.3) is 43.6 Å². The molecule has 0 aliphatic heterocycles. The Morgan fingerprint density at radius 2 is 1.03 bits per heavy atom. The molecule has 0 amide bonds. The molecule has 0 aliphatic rings. The Balaban J connectivity index is 1.17. The monoisotopic (exact) mass is 574 g/mol. The van der Waals surface area contributed by atoms with Crippen LogP contribution in [0.2, 0.25) is 0 Å². The van der Waals surface area contributed by atoms with E-state index in [2.05, 4.69) is 99.5 Å². The van der Waals surface area contributed by atoms with Crippen LogP contribution in [0.5, 0.6) is 0 Å². The minimum absolute atomic E-state index is 0.999. The van der Waals surface area contributed by atoms with Crippen molar-refractivity contribution in [3.05, 3.63) is 82.3 Å². The first-order valence-electron chi connectivity index (χ1n) is 11.7. The molecule has 34 heavy (non-hydrogen) atoms. The molecule has 0 saturated carbocycles. The SMILES string of the molecule is Brc1cccc2c3ccncc3n(CCCCCCn3c4cnccc4c4cccc(Br)c43)c12. The van der Waals surface area contributed by atoms with Gasteiger partial charge in [0.1, 0.15) is 0 Å². The van der Waals surface area contributed by atoms with Crippen LogP contribution in [0.15, 0.2) is 82.3 Å². The number of aryl methyl sites for hydroxylation is 2. The van der Waals surface area contributed by atoms with Crippen molar-refractivity contribution in [2.45, 2.75) is 38.8 Å². The number of hydrogen-bond donors (Lipinski definition) is 0. The molecular formula is C28H24Br2N4. The first-order valence-corrected chi connectivity index (χ1v) is 13.3. The summed E-state index contributed by atoms with van der Waals surface area (Å²) >= 11 is 7.55. The minimum Gasteiger partial charge on any atom is -0.338 e. The van der Waals surface area contributed by atoms with Crippen molar-refractivity contribution in [3.8, 4) is 0 Å². The normalized spacial score (nSPS) is 11.9. The second-order valence-corrected chi connectivity index (χ2v) is 10.5. The predicted octanol–water partition coefficient (Wildman–Crippen LogP) is 8.48. The van der Waals surface area contributed by atoms with Gasteiger partial charge in [-0.3, -0.25) is 9.97 Å². The standard InChI is InChI=1S/C28H24Br2N4/c29-23-9-5-7-21-19-11-13-31-17-25(19)33(27(21)23)15-3-1-2-4-16-34-26-18-32-14-12-20(26)22-8-6-10-24(30)28(22)34/h5-14,17-18H,1-4,15-16H2. The second kappa shape index (κ2) is 9.16. The Kier molecular flexibility index (Phi) is 5.87. The Bertz CT molecular complexity index is 1520. The van der Waals surface area contributed by atoms with Gasteiger partial charge in [0.25, 0.3) is 0 Å². The fourth-order valence-corrected chi connectivity index (χ4v) is 6.43. The topological polar surface area (TPSA) is 35.6 Å². The van der Waals surface area contributed by atoms with E-state index in [0.717, 1.165) is 34.9 Å². The van der Waals surface area contributed by atoms with Crippen LogP contribution in [-0.2, 0) is 13.1 Å². The van der Waals surface area contributed by atoms with Gasteiger partial charge in [0, 0.05) is 56.0 Å². The molecule has 4 heterocycles. The van der Waals surface area contributed by atoms with Gasteiger partial charge in [-0.25, -0.2) is 0 Å². The lowest BCUT2D eigenvalue weighted by molar-refractivity contribution is 0.559. The average molecular weight is 576 g/mol. The largest absolute Gasteiger partial charge is 0.338 e. The number of halogens is 2. The smallest absolute Gasteiger partial charge is 0.0678 e. The Morgan fingerprint density at radius 1 is 0.559 bits per heavy atom. The molecule has 0 spiro atoms. The molecule has 170 valence electrons. The average Bonchev–Trinajstić information content (AvgIpc) is 3.36. The van der Waals surface area contributed by atoms with Crippen molar-refractivity contribution >= 4 is 75.5 Å². The molecule has 0 saturated heterocycles. The number of aromatic nitrogens is 4. The van der Waals surface area contributed by atoms with E-state index >= 15 is 0 Å². The molecule has 0 radical (unpaired) electrons. The molecule has 0 unspecified atom stereocenters. The van der Waals surface area contributed by atoms with Gasteiger partial charge in [-0.1, -0.05) is 37.1 Å². The van der Waals surface area contributed by atoms with Gasteiger partial charge in [0.05, 0.1) is 34.5 Å². The van der Waals surface area contributed by atoms with E-state index in [1.54, 1.807) is 0 Å². The molecule has 4 aromatic heterocycles. The first kappa shape index (κ1) is 21.8. The summed E-state index contributed by atoms with van der Waals surface area (Å²) in [6.07, 6.45) is 12.4. The highest BCUT2D eigenvalue weighted by Crippen LogP contribution is 2.35. The highest BCUT2D eigenvalue weighted by molar-refractivity contribution is 9.11. The third-order valence-electron chi connectivity index (χ3n) is 6.79. The maximum atomic E-state index is 4.39. The van der Waals surface area contributed by atoms with E-state index in [1.807, 2.05) is 24.8 Å². The van der Waals surface area contributed by atoms with E-state index in [-0.39, 0.29) is 0 Å². The maximum absolute atomic E-state index is 4.39. The van der Waals surface area contributed by atoms with Crippen molar-refractivity contribution in [2.75, 3.05) is 0 Å². The zero-order valence-corrected chi connectivity index (χ0v) is 21.9. The van der Waals surface area contributed by atoms with E-state index in [1.165, 1.54) is 56.5 Å². The van der Waals surface area contributed by atoms with Crippen LogP contribution in [0.4, 0.5) is 0 Å². The lowest BCUT2D eigenvalue weighted by Gasteiger charge is -2.10. The van der Waals surface area contributed by atoms with E-state index in [9.17, 15) is 0 Å². The van der Waals surface area contributed by atoms with Gasteiger partial charge in [0.2, 0.25) is 0 Å². The first-order chi connectivity index (χ1) is 16.7. The van der Waals surface area contributed by atoms with Crippen molar-refractivity contribution in [1.29, 1.82) is 0 Å². The number of nitrogens with zero attached hydrogens (tertiary/aromatic N) is 4. The third kappa shape index (κ3) is 3.64. The zero-order valence-electron chi connectivity index (χ0n) is 18.7. The number of fused-ring (bicyclic) bond motifs is 6. The molecule has 6 aromatic rings. The molecule has 0 aliphatic carbocycles. The van der Waals surface area contributed by atoms with Gasteiger partial charge < -0.3 is 9.13 Å². The van der Waals surface area contributed by atoms with E-state index in [4.69, 9.17) is 0 Å². The zero-order chi connectivity index (χ0) is 23.1. The number of unbranched alkanes of at least 4 members (excludes halogenated alkanes) is 3. The predicted molar refractivity (Wildman–Crippen MR) is 148 cm³/mol. The van der Waals surface area contributed by atoms with Crippen LogP contribution in [0.1, 0.15) is 25.7 Å². The molecule has 6 heteroatoms. The van der Waals surface area contributed by atoms with E-state index < -0.39 is 0 Å². The van der Waals surface area contributed by atoms with Gasteiger partial charge in [-0.05, 0) is 69.0 Å². The summed E-state index contributed by atoms with van der Waals surface area (Å²) in [5.74, 6) is 0.